The first-order valence-corrected chi connectivity index (χ1v) is 41.9. The number of unbranched alkanes of at least 4 members (excludes halogenated alkanes) is 29. The Hall–Kier alpha value is -4.07. The van der Waals surface area contributed by atoms with E-state index in [-0.39, 0.29) is 18.9 Å². The lowest BCUT2D eigenvalue weighted by Crippen LogP contribution is -2.66. The van der Waals surface area contributed by atoms with Gasteiger partial charge >= 0.3 is 0 Å². The van der Waals surface area contributed by atoms with Crippen molar-refractivity contribution in [3.05, 3.63) is 134 Å². The maximum absolute atomic E-state index is 13.5. The molecule has 3 heterocycles. The molecule has 0 spiro atoms. The molecule has 3 rings (SSSR count). The van der Waals surface area contributed by atoms with Crippen LogP contribution in [0.2, 0.25) is 0 Å². The van der Waals surface area contributed by atoms with E-state index in [0.29, 0.717) is 12.8 Å². The number of amides is 1. The number of carbonyl (C=O) groups excluding carboxylic acids is 1. The molecule has 107 heavy (non-hydrogen) atoms. The van der Waals surface area contributed by atoms with Gasteiger partial charge in [0.2, 0.25) is 5.91 Å². The van der Waals surface area contributed by atoms with Crippen LogP contribution in [0.15, 0.2) is 134 Å². The quantitative estimate of drug-likeness (QED) is 0.0199. The smallest absolute Gasteiger partial charge is 0.220 e. The molecule has 19 nitrogen and oxygen atoms in total. The average Bonchev–Trinajstić information content (AvgIpc) is 0.782. The Balaban J connectivity index is 1.39. The zero-order chi connectivity index (χ0) is 77.4. The molecule has 0 bridgehead atoms. The summed E-state index contributed by atoms with van der Waals surface area (Å²) in [5.74, 6) is -0.302. The van der Waals surface area contributed by atoms with Crippen LogP contribution < -0.4 is 5.32 Å². The summed E-state index contributed by atoms with van der Waals surface area (Å²) in [6, 6.07) is -1.01. The number of nitrogens with one attached hydrogen (secondary N) is 1. The van der Waals surface area contributed by atoms with E-state index in [1.807, 2.05) is 6.08 Å². The highest BCUT2D eigenvalue weighted by Gasteiger charge is 2.54. The van der Waals surface area contributed by atoms with Gasteiger partial charge in [-0.2, -0.15) is 0 Å². The van der Waals surface area contributed by atoms with Crippen LogP contribution in [-0.4, -0.2) is 193 Å². The second kappa shape index (κ2) is 66.5. The number of allylic oxidation sites excluding steroid dienone is 21. The summed E-state index contributed by atoms with van der Waals surface area (Å²) in [5.41, 5.74) is 0. The molecule has 0 aromatic rings. The lowest BCUT2D eigenvalue weighted by molar-refractivity contribution is -0.379. The number of rotatable bonds is 65. The van der Waals surface area contributed by atoms with Gasteiger partial charge in [0.25, 0.3) is 0 Å². The molecule has 1 amide bonds. The second-order valence-electron chi connectivity index (χ2n) is 29.2. The van der Waals surface area contributed by atoms with Crippen molar-refractivity contribution in [3.8, 4) is 0 Å². The topological polar surface area (TPSA) is 307 Å². The number of aliphatic hydroxyl groups is 11. The zero-order valence-corrected chi connectivity index (χ0v) is 65.8. The van der Waals surface area contributed by atoms with Gasteiger partial charge in [0, 0.05) is 6.42 Å². The summed E-state index contributed by atoms with van der Waals surface area (Å²) in [4.78, 5) is 13.5. The van der Waals surface area contributed by atoms with Crippen molar-refractivity contribution in [1.29, 1.82) is 0 Å². The molecule has 0 saturated carbocycles. The monoisotopic (exact) mass is 1510 g/mol. The molecule has 3 fully saturated rings. The van der Waals surface area contributed by atoms with Crippen molar-refractivity contribution in [1.82, 2.24) is 5.32 Å². The van der Waals surface area contributed by atoms with Gasteiger partial charge in [0.15, 0.2) is 18.9 Å². The molecular formula is C88H149NO18. The molecule has 3 aliphatic rings. The normalized spacial score (nSPS) is 26.2. The predicted octanol–water partition coefficient (Wildman–Crippen LogP) is 14.8. The Morgan fingerprint density at radius 3 is 1.05 bits per heavy atom. The number of aliphatic hydroxyl groups excluding tert-OH is 11. The molecule has 614 valence electrons. The van der Waals surface area contributed by atoms with E-state index in [1.165, 1.54) is 128 Å². The molecule has 12 N–H and O–H groups in total. The van der Waals surface area contributed by atoms with Crippen LogP contribution in [0.4, 0.5) is 0 Å². The third-order valence-corrected chi connectivity index (χ3v) is 19.9. The van der Waals surface area contributed by atoms with E-state index in [1.54, 1.807) is 6.08 Å². The molecule has 0 aliphatic carbocycles. The fourth-order valence-corrected chi connectivity index (χ4v) is 13.2. The van der Waals surface area contributed by atoms with Gasteiger partial charge in [-0.15, -0.1) is 0 Å². The van der Waals surface area contributed by atoms with Crippen molar-refractivity contribution in [2.75, 3.05) is 26.4 Å². The number of carbonyl (C=O) groups is 1. The molecule has 19 heteroatoms. The summed E-state index contributed by atoms with van der Waals surface area (Å²) in [7, 11) is 0. The number of ether oxygens (including phenoxy) is 6. The molecule has 3 aliphatic heterocycles. The molecular weight excluding hydrogens is 1360 g/mol. The Bertz CT molecular complexity index is 2450. The van der Waals surface area contributed by atoms with Crippen LogP contribution in [0, 0.1) is 0 Å². The predicted molar refractivity (Wildman–Crippen MR) is 429 cm³/mol. The molecule has 0 aromatic heterocycles. The summed E-state index contributed by atoms with van der Waals surface area (Å²) >= 11 is 0. The van der Waals surface area contributed by atoms with E-state index in [4.69, 9.17) is 28.4 Å². The van der Waals surface area contributed by atoms with Crippen molar-refractivity contribution in [3.63, 3.8) is 0 Å². The Kier molecular flexibility index (Phi) is 60.4. The Morgan fingerprint density at radius 2 is 0.654 bits per heavy atom. The Morgan fingerprint density at radius 1 is 0.346 bits per heavy atom. The van der Waals surface area contributed by atoms with E-state index >= 15 is 0 Å². The first-order valence-electron chi connectivity index (χ1n) is 41.9. The molecule has 17 atom stereocenters. The molecule has 3 saturated heterocycles. The van der Waals surface area contributed by atoms with Crippen LogP contribution in [0.25, 0.3) is 0 Å². The lowest BCUT2D eigenvalue weighted by atomic mass is 9.96. The third kappa shape index (κ3) is 45.9. The largest absolute Gasteiger partial charge is 0.394 e. The Labute approximate surface area is 645 Å². The summed E-state index contributed by atoms with van der Waals surface area (Å²) in [6.45, 7) is 1.60. The van der Waals surface area contributed by atoms with E-state index < -0.39 is 124 Å². The van der Waals surface area contributed by atoms with Gasteiger partial charge in [-0.05, 0) is 109 Å². The minimum Gasteiger partial charge on any atom is -0.394 e. The standard InChI is InChI=1S/C88H149NO18/c1-3-5-7-9-11-13-15-17-19-21-23-25-27-29-31-33-34-35-36-38-40-42-44-46-48-50-52-54-56-58-60-62-64-66-76(94)89-71(72(93)65-63-61-59-57-55-53-51-49-47-45-43-41-39-37-32-30-28-26-24-22-20-18-16-14-12-10-8-6-4-2)70-102-86-82(100)79(97)84(74(68-91)104-86)107-88-83(101)80(98)85(75(69-92)105-88)106-87-81(99)78(96)77(95)73(67-90)103-87/h5,7,11,13,17,19,23,25,29,31,34-35,38,40,44,46-47,49,55,57,63,65,71-75,77-88,90-93,95-101H,3-4,6,8-10,12,14-16,18,20-22,24,26-28,30,32-33,36-37,39,41-43,45,48,50-54,56,58-62,64,66-70H2,1-2H3,(H,89,94)/b7-5-,13-11-,19-17-,25-23-,31-29-,35-34-,40-38-,46-44-,49-47+,57-55+,65-63+. The SMILES string of the molecule is CC/C=C\C/C=C\C/C=C\C/C=C\C/C=C\C/C=C\C/C=C\C/C=C\CCCCCCCCCCC(=O)NC(COC1OC(CO)C(OC2OC(CO)C(OC3OC(CO)C(O)C(O)C3O)C(O)C2O)C(O)C1O)C(O)/C=C/CC/C=C/CC/C=C/CCCCCCCCCCCCCCCCCCCCC. The first-order chi connectivity index (χ1) is 52.3. The maximum Gasteiger partial charge on any atom is 0.220 e. The highest BCUT2D eigenvalue weighted by molar-refractivity contribution is 5.76. The fraction of sp³-hybridized carbons (Fsp3) is 0.739. The first kappa shape index (κ1) is 97.1. The minimum atomic E-state index is -1.99. The maximum atomic E-state index is 13.5. The van der Waals surface area contributed by atoms with Gasteiger partial charge in [-0.1, -0.05) is 302 Å². The summed E-state index contributed by atoms with van der Waals surface area (Å²) in [6.07, 6.45) is 68.6. The van der Waals surface area contributed by atoms with Crippen molar-refractivity contribution in [2.45, 2.75) is 388 Å². The molecule has 0 aromatic carbocycles. The molecule has 17 unspecified atom stereocenters. The van der Waals surface area contributed by atoms with Crippen LogP contribution in [-0.2, 0) is 33.2 Å². The van der Waals surface area contributed by atoms with Gasteiger partial charge in [0.1, 0.15) is 73.2 Å². The van der Waals surface area contributed by atoms with Crippen molar-refractivity contribution >= 4 is 5.91 Å². The highest BCUT2D eigenvalue weighted by atomic mass is 16.8. The van der Waals surface area contributed by atoms with E-state index in [2.05, 4.69) is 141 Å². The highest BCUT2D eigenvalue weighted by Crippen LogP contribution is 2.33. The third-order valence-electron chi connectivity index (χ3n) is 19.9. The van der Waals surface area contributed by atoms with Gasteiger partial charge in [0.05, 0.1) is 38.6 Å². The van der Waals surface area contributed by atoms with E-state index in [0.717, 1.165) is 122 Å². The van der Waals surface area contributed by atoms with Gasteiger partial charge in [-0.25, -0.2) is 0 Å². The fourth-order valence-electron chi connectivity index (χ4n) is 13.2. The molecule has 0 radical (unpaired) electrons. The lowest BCUT2D eigenvalue weighted by Gasteiger charge is -2.48. The summed E-state index contributed by atoms with van der Waals surface area (Å²) in [5, 5.41) is 121. The van der Waals surface area contributed by atoms with Gasteiger partial charge < -0.3 is 89.9 Å². The van der Waals surface area contributed by atoms with Crippen LogP contribution in [0.1, 0.15) is 284 Å². The van der Waals surface area contributed by atoms with Gasteiger partial charge in [-0.3, -0.25) is 4.79 Å². The second-order valence-corrected chi connectivity index (χ2v) is 29.2. The number of hydrogen-bond acceptors (Lipinski definition) is 18. The average molecular weight is 1510 g/mol. The van der Waals surface area contributed by atoms with Crippen LogP contribution >= 0.6 is 0 Å². The van der Waals surface area contributed by atoms with Crippen molar-refractivity contribution in [2.24, 2.45) is 0 Å². The van der Waals surface area contributed by atoms with Crippen LogP contribution in [0.3, 0.4) is 0 Å². The van der Waals surface area contributed by atoms with Crippen molar-refractivity contribution < 1.29 is 89.4 Å². The minimum absolute atomic E-state index is 0.213. The number of hydrogen-bond donors (Lipinski definition) is 12. The summed E-state index contributed by atoms with van der Waals surface area (Å²) < 4.78 is 34.4. The van der Waals surface area contributed by atoms with E-state index in [9.17, 15) is 61.0 Å². The van der Waals surface area contributed by atoms with Crippen LogP contribution in [0.5, 0.6) is 0 Å². The zero-order valence-electron chi connectivity index (χ0n) is 65.8.